The number of aromatic nitrogens is 3. The van der Waals surface area contributed by atoms with Crippen LogP contribution in [-0.2, 0) is 4.79 Å². The van der Waals surface area contributed by atoms with Gasteiger partial charge in [-0.15, -0.1) is 10.2 Å². The van der Waals surface area contributed by atoms with Crippen LogP contribution >= 0.6 is 0 Å². The molecule has 0 aliphatic heterocycles. The van der Waals surface area contributed by atoms with Crippen LogP contribution in [0.15, 0.2) is 79.3 Å². The third-order valence-electron chi connectivity index (χ3n) is 6.43. The minimum absolute atomic E-state index is 0.00763. The number of fused-ring (bicyclic) bond motifs is 4. The Morgan fingerprint density at radius 2 is 1.64 bits per heavy atom. The monoisotopic (exact) mass is 475 g/mol. The summed E-state index contributed by atoms with van der Waals surface area (Å²) in [6, 6.07) is 21.9. The first kappa shape index (κ1) is 23.0. The summed E-state index contributed by atoms with van der Waals surface area (Å²) < 4.78 is 0. The van der Waals surface area contributed by atoms with E-state index in [0.717, 1.165) is 38.2 Å². The third kappa shape index (κ3) is 4.11. The summed E-state index contributed by atoms with van der Waals surface area (Å²) in [6.07, 6.45) is 6.02. The number of hydrogen-bond acceptors (Lipinski definition) is 6. The van der Waals surface area contributed by atoms with Gasteiger partial charge in [-0.2, -0.15) is 0 Å². The SMILES string of the molecule is CC1C(=O)C(c2ccccc2)C=c2ccc3c(c21)C(=O)C=c1ccccc1=3.O=C(O)c1cncnn1. The second-order valence-electron chi connectivity index (χ2n) is 8.57. The van der Waals surface area contributed by atoms with E-state index in [1.165, 1.54) is 6.33 Å². The molecule has 0 saturated heterocycles. The maximum Gasteiger partial charge on any atom is 0.358 e. The first-order valence-electron chi connectivity index (χ1n) is 11.4. The molecule has 2 aliphatic rings. The van der Waals surface area contributed by atoms with Crippen molar-refractivity contribution in [3.63, 3.8) is 0 Å². The van der Waals surface area contributed by atoms with E-state index in [1.54, 1.807) is 6.08 Å². The molecule has 6 rings (SSSR count). The normalized spacial score (nSPS) is 17.2. The van der Waals surface area contributed by atoms with E-state index in [2.05, 4.69) is 21.2 Å². The standard InChI is InChI=1S/C25H18O2.C4H3N3O2/c1-15-23-18(13-21(25(15)27)16-7-3-2-4-8-16)11-12-20-19-10-6-5-9-17(19)14-22(26)24(20)23;8-4(9)3-1-5-2-6-7-3/h2-15,21H,1H3;1-2H,(H,8,9). The van der Waals surface area contributed by atoms with Gasteiger partial charge < -0.3 is 5.11 Å². The quantitative estimate of drug-likeness (QED) is 0.475. The molecule has 4 aromatic rings. The lowest BCUT2D eigenvalue weighted by Crippen LogP contribution is -2.32. The number of carboxylic acids is 1. The molecule has 0 spiro atoms. The molecule has 2 unspecified atom stereocenters. The zero-order valence-corrected chi connectivity index (χ0v) is 19.3. The lowest BCUT2D eigenvalue weighted by Gasteiger charge is -2.26. The van der Waals surface area contributed by atoms with Gasteiger partial charge in [-0.1, -0.05) is 79.7 Å². The van der Waals surface area contributed by atoms with Crippen LogP contribution < -0.4 is 10.4 Å². The average Bonchev–Trinajstić information content (AvgIpc) is 2.91. The van der Waals surface area contributed by atoms with Crippen LogP contribution in [0, 0.1) is 10.4 Å². The van der Waals surface area contributed by atoms with Crippen molar-refractivity contribution in [1.29, 1.82) is 0 Å². The number of aromatic carboxylic acids is 1. The highest BCUT2D eigenvalue weighted by Crippen LogP contribution is 2.32. The number of Topliss-reactive ketones (excluding diaryl/α,β-unsaturated/α-hetero) is 2. The van der Waals surface area contributed by atoms with Crippen molar-refractivity contribution in [1.82, 2.24) is 15.2 Å². The van der Waals surface area contributed by atoms with E-state index in [1.807, 2.05) is 73.7 Å². The maximum absolute atomic E-state index is 13.2. The van der Waals surface area contributed by atoms with Gasteiger partial charge in [0.2, 0.25) is 0 Å². The molecule has 0 saturated carbocycles. The topological polar surface area (TPSA) is 110 Å². The first-order chi connectivity index (χ1) is 17.5. The van der Waals surface area contributed by atoms with Crippen molar-refractivity contribution < 1.29 is 19.5 Å². The van der Waals surface area contributed by atoms with Crippen molar-refractivity contribution in [2.75, 3.05) is 0 Å². The van der Waals surface area contributed by atoms with Gasteiger partial charge >= 0.3 is 5.97 Å². The van der Waals surface area contributed by atoms with Gasteiger partial charge in [-0.3, -0.25) is 9.59 Å². The van der Waals surface area contributed by atoms with Crippen molar-refractivity contribution >= 4 is 29.7 Å². The number of nitrogens with zero attached hydrogens (tertiary/aromatic N) is 3. The Balaban J connectivity index is 0.000000252. The highest BCUT2D eigenvalue weighted by atomic mass is 16.4. The molecule has 0 radical (unpaired) electrons. The van der Waals surface area contributed by atoms with Gasteiger partial charge in [0.25, 0.3) is 0 Å². The summed E-state index contributed by atoms with van der Waals surface area (Å²) in [6.45, 7) is 1.93. The number of carbonyl (C=O) groups excluding carboxylic acids is 2. The van der Waals surface area contributed by atoms with Crippen LogP contribution in [0.25, 0.3) is 12.2 Å². The molecule has 2 aliphatic carbocycles. The first-order valence-corrected chi connectivity index (χ1v) is 11.4. The largest absolute Gasteiger partial charge is 0.476 e. The van der Waals surface area contributed by atoms with Crippen LogP contribution in [-0.4, -0.2) is 37.8 Å². The zero-order valence-electron chi connectivity index (χ0n) is 19.3. The fourth-order valence-corrected chi connectivity index (χ4v) is 4.76. The number of hydrogen-bond donors (Lipinski definition) is 1. The minimum Gasteiger partial charge on any atom is -0.476 e. The maximum atomic E-state index is 13.2. The molecule has 1 N–H and O–H groups in total. The van der Waals surface area contributed by atoms with E-state index in [9.17, 15) is 14.4 Å². The van der Waals surface area contributed by atoms with Gasteiger partial charge in [0.05, 0.1) is 12.1 Å². The van der Waals surface area contributed by atoms with Crippen LogP contribution in [0.3, 0.4) is 0 Å². The minimum atomic E-state index is -1.12. The van der Waals surface area contributed by atoms with E-state index in [4.69, 9.17) is 5.11 Å². The number of benzene rings is 3. The summed E-state index contributed by atoms with van der Waals surface area (Å²) in [4.78, 5) is 39.6. The van der Waals surface area contributed by atoms with E-state index >= 15 is 0 Å². The molecule has 7 nitrogen and oxygen atoms in total. The molecule has 1 heterocycles. The second-order valence-corrected chi connectivity index (χ2v) is 8.57. The molecule has 0 fully saturated rings. The Morgan fingerprint density at radius 3 is 2.33 bits per heavy atom. The van der Waals surface area contributed by atoms with Crippen molar-refractivity contribution in [2.45, 2.75) is 18.8 Å². The Hall–Kier alpha value is -4.78. The van der Waals surface area contributed by atoms with Crippen LogP contribution in [0.2, 0.25) is 0 Å². The highest BCUT2D eigenvalue weighted by molar-refractivity contribution is 6.19. The molecule has 0 amide bonds. The van der Waals surface area contributed by atoms with Crippen molar-refractivity contribution in [3.05, 3.63) is 123 Å². The van der Waals surface area contributed by atoms with Crippen LogP contribution in [0.1, 0.15) is 50.7 Å². The number of carboxylic acid groups (broad SMARTS) is 1. The third-order valence-corrected chi connectivity index (χ3v) is 6.43. The molecule has 7 heteroatoms. The fourth-order valence-electron chi connectivity index (χ4n) is 4.76. The Bertz CT molecular complexity index is 1720. The number of rotatable bonds is 2. The zero-order chi connectivity index (χ0) is 25.2. The van der Waals surface area contributed by atoms with Crippen LogP contribution in [0.5, 0.6) is 0 Å². The van der Waals surface area contributed by atoms with Gasteiger partial charge in [0.1, 0.15) is 6.33 Å². The van der Waals surface area contributed by atoms with Gasteiger partial charge in [-0.25, -0.2) is 9.78 Å². The lowest BCUT2D eigenvalue weighted by molar-refractivity contribution is -0.120. The van der Waals surface area contributed by atoms with Crippen molar-refractivity contribution in [2.24, 2.45) is 0 Å². The van der Waals surface area contributed by atoms with E-state index < -0.39 is 5.97 Å². The molecule has 1 aromatic heterocycles. The second kappa shape index (κ2) is 9.46. The summed E-state index contributed by atoms with van der Waals surface area (Å²) in [5, 5.41) is 18.7. The number of carbonyl (C=O) groups is 3. The Kier molecular flexibility index (Phi) is 6.04. The molecular weight excluding hydrogens is 454 g/mol. The van der Waals surface area contributed by atoms with Crippen LogP contribution in [0.4, 0.5) is 0 Å². The summed E-state index contributed by atoms with van der Waals surface area (Å²) in [7, 11) is 0. The van der Waals surface area contributed by atoms with Gasteiger partial charge in [0, 0.05) is 11.5 Å². The molecule has 36 heavy (non-hydrogen) atoms. The predicted molar refractivity (Wildman–Crippen MR) is 132 cm³/mol. The van der Waals surface area contributed by atoms with E-state index in [-0.39, 0.29) is 29.1 Å². The van der Waals surface area contributed by atoms with Crippen molar-refractivity contribution in [3.8, 4) is 0 Å². The highest BCUT2D eigenvalue weighted by Gasteiger charge is 2.32. The Labute approximate surface area is 205 Å². The molecular formula is C29H21N3O4. The fraction of sp³-hybridized carbons (Fsp3) is 0.103. The molecule has 176 valence electrons. The average molecular weight is 476 g/mol. The summed E-state index contributed by atoms with van der Waals surface area (Å²) >= 11 is 0. The molecule has 0 bridgehead atoms. The smallest absolute Gasteiger partial charge is 0.358 e. The molecule has 3 aromatic carbocycles. The Morgan fingerprint density at radius 1 is 0.889 bits per heavy atom. The molecule has 2 atom stereocenters. The lowest BCUT2D eigenvalue weighted by atomic mass is 9.76. The number of ketones is 2. The summed E-state index contributed by atoms with van der Waals surface area (Å²) in [5.41, 5.74) is 2.42. The van der Waals surface area contributed by atoms with E-state index in [0.29, 0.717) is 5.56 Å². The predicted octanol–water partition coefficient (Wildman–Crippen LogP) is 2.77. The summed E-state index contributed by atoms with van der Waals surface area (Å²) in [5.74, 6) is -1.55. The van der Waals surface area contributed by atoms with Gasteiger partial charge in [-0.05, 0) is 38.1 Å². The van der Waals surface area contributed by atoms with Gasteiger partial charge in [0.15, 0.2) is 17.3 Å².